The monoisotopic (exact) mass is 389 g/mol. The summed E-state index contributed by atoms with van der Waals surface area (Å²) >= 11 is 0. The van der Waals surface area contributed by atoms with Gasteiger partial charge in [0.2, 0.25) is 0 Å². The van der Waals surface area contributed by atoms with E-state index in [-0.39, 0.29) is 11.3 Å². The highest BCUT2D eigenvalue weighted by Gasteiger charge is 2.19. The van der Waals surface area contributed by atoms with E-state index < -0.39 is 0 Å². The van der Waals surface area contributed by atoms with E-state index in [1.807, 2.05) is 54.6 Å². The summed E-state index contributed by atoms with van der Waals surface area (Å²) in [5, 5.41) is 6.34. The normalized spacial score (nSPS) is 11.0. The van der Waals surface area contributed by atoms with Crippen LogP contribution in [0.2, 0.25) is 0 Å². The van der Waals surface area contributed by atoms with Gasteiger partial charge in [0, 0.05) is 24.6 Å². The van der Waals surface area contributed by atoms with Crippen molar-refractivity contribution in [3.05, 3.63) is 83.7 Å². The van der Waals surface area contributed by atoms with Crippen molar-refractivity contribution in [2.75, 3.05) is 17.7 Å². The number of para-hydroxylation sites is 1. The predicted octanol–water partition coefficient (Wildman–Crippen LogP) is 5.25. The van der Waals surface area contributed by atoms with Crippen LogP contribution < -0.4 is 15.4 Å². The van der Waals surface area contributed by atoms with Gasteiger partial charge in [0.15, 0.2) is 0 Å². The second-order valence-electron chi connectivity index (χ2n) is 7.91. The molecule has 0 saturated carbocycles. The van der Waals surface area contributed by atoms with E-state index in [2.05, 4.69) is 36.4 Å². The van der Waals surface area contributed by atoms with Crippen molar-refractivity contribution in [3.8, 4) is 5.75 Å². The minimum Gasteiger partial charge on any atom is -0.497 e. The number of ether oxygens (including phenoxy) is 1. The lowest BCUT2D eigenvalue weighted by molar-refractivity contribution is 0.102. The molecule has 0 saturated heterocycles. The Kier molecular flexibility index (Phi) is 6.17. The van der Waals surface area contributed by atoms with Crippen molar-refractivity contribution in [2.24, 2.45) is 0 Å². The Morgan fingerprint density at radius 1 is 1.03 bits per heavy atom. The SMILES string of the molecule is COc1ccc(CNc2cncc(C(=O)Nc3ccccc3C(C)(C)C)c2)cc1. The number of methoxy groups -OCH3 is 1. The lowest BCUT2D eigenvalue weighted by Crippen LogP contribution is -2.19. The third-order valence-electron chi connectivity index (χ3n) is 4.64. The Balaban J connectivity index is 1.70. The molecule has 5 heteroatoms. The Morgan fingerprint density at radius 2 is 1.76 bits per heavy atom. The van der Waals surface area contributed by atoms with Crippen LogP contribution in [0.5, 0.6) is 5.75 Å². The summed E-state index contributed by atoms with van der Waals surface area (Å²) in [6.45, 7) is 7.01. The summed E-state index contributed by atoms with van der Waals surface area (Å²) in [6.07, 6.45) is 3.29. The number of amides is 1. The van der Waals surface area contributed by atoms with Crippen molar-refractivity contribution >= 4 is 17.3 Å². The molecule has 29 heavy (non-hydrogen) atoms. The predicted molar refractivity (Wildman–Crippen MR) is 118 cm³/mol. The van der Waals surface area contributed by atoms with E-state index in [1.54, 1.807) is 19.5 Å². The van der Waals surface area contributed by atoms with Crippen LogP contribution in [0.15, 0.2) is 67.0 Å². The molecule has 0 aliphatic carbocycles. The van der Waals surface area contributed by atoms with Crippen molar-refractivity contribution in [1.82, 2.24) is 4.98 Å². The van der Waals surface area contributed by atoms with Crippen molar-refractivity contribution in [3.63, 3.8) is 0 Å². The van der Waals surface area contributed by atoms with Crippen LogP contribution in [0.1, 0.15) is 42.3 Å². The minimum atomic E-state index is -0.178. The van der Waals surface area contributed by atoms with E-state index in [0.29, 0.717) is 12.1 Å². The number of nitrogens with one attached hydrogen (secondary N) is 2. The number of rotatable bonds is 6. The maximum absolute atomic E-state index is 12.8. The fourth-order valence-electron chi connectivity index (χ4n) is 3.05. The lowest BCUT2D eigenvalue weighted by Gasteiger charge is -2.23. The molecule has 0 atom stereocenters. The Morgan fingerprint density at radius 3 is 2.45 bits per heavy atom. The van der Waals surface area contributed by atoms with E-state index in [4.69, 9.17) is 4.74 Å². The highest BCUT2D eigenvalue weighted by atomic mass is 16.5. The van der Waals surface area contributed by atoms with Gasteiger partial charge in [-0.15, -0.1) is 0 Å². The highest BCUT2D eigenvalue weighted by molar-refractivity contribution is 6.05. The van der Waals surface area contributed by atoms with Gasteiger partial charge in [-0.05, 0) is 40.8 Å². The van der Waals surface area contributed by atoms with Gasteiger partial charge in [-0.2, -0.15) is 0 Å². The fraction of sp³-hybridized carbons (Fsp3) is 0.250. The Hall–Kier alpha value is -3.34. The number of hydrogen-bond acceptors (Lipinski definition) is 4. The van der Waals surface area contributed by atoms with Crippen LogP contribution in [0.4, 0.5) is 11.4 Å². The Labute approximate surface area is 172 Å². The molecule has 1 aromatic heterocycles. The summed E-state index contributed by atoms with van der Waals surface area (Å²) in [7, 11) is 1.65. The number of carbonyl (C=O) groups excluding carboxylic acids is 1. The first-order valence-corrected chi connectivity index (χ1v) is 9.59. The van der Waals surface area contributed by atoms with Gasteiger partial charge < -0.3 is 15.4 Å². The molecular formula is C24H27N3O2. The Bertz CT molecular complexity index is 976. The van der Waals surface area contributed by atoms with Crippen LogP contribution in [-0.2, 0) is 12.0 Å². The largest absolute Gasteiger partial charge is 0.497 e. The third kappa shape index (κ3) is 5.35. The molecule has 3 rings (SSSR count). The average Bonchev–Trinajstić information content (AvgIpc) is 2.72. The summed E-state index contributed by atoms with van der Waals surface area (Å²) in [4.78, 5) is 17.0. The van der Waals surface area contributed by atoms with Gasteiger partial charge in [0.1, 0.15) is 5.75 Å². The van der Waals surface area contributed by atoms with Crippen molar-refractivity contribution < 1.29 is 9.53 Å². The summed E-state index contributed by atoms with van der Waals surface area (Å²) in [5.41, 5.74) is 4.26. The molecule has 0 aliphatic rings. The molecule has 0 bridgehead atoms. The minimum absolute atomic E-state index is 0.0656. The van der Waals surface area contributed by atoms with E-state index >= 15 is 0 Å². The first kappa shape index (κ1) is 20.4. The average molecular weight is 389 g/mol. The van der Waals surface area contributed by atoms with E-state index in [0.717, 1.165) is 28.3 Å². The van der Waals surface area contributed by atoms with Crippen LogP contribution in [-0.4, -0.2) is 18.0 Å². The zero-order valence-electron chi connectivity index (χ0n) is 17.3. The van der Waals surface area contributed by atoms with Gasteiger partial charge in [0.25, 0.3) is 5.91 Å². The van der Waals surface area contributed by atoms with E-state index in [1.165, 1.54) is 0 Å². The zero-order chi connectivity index (χ0) is 20.9. The number of carbonyl (C=O) groups is 1. The van der Waals surface area contributed by atoms with Crippen LogP contribution in [0, 0.1) is 0 Å². The fourth-order valence-corrected chi connectivity index (χ4v) is 3.05. The van der Waals surface area contributed by atoms with E-state index in [9.17, 15) is 4.79 Å². The summed E-state index contributed by atoms with van der Waals surface area (Å²) in [5.74, 6) is 0.645. The summed E-state index contributed by atoms with van der Waals surface area (Å²) < 4.78 is 5.18. The van der Waals surface area contributed by atoms with Crippen molar-refractivity contribution in [1.29, 1.82) is 0 Å². The van der Waals surface area contributed by atoms with Crippen LogP contribution >= 0.6 is 0 Å². The molecule has 150 valence electrons. The number of pyridine rings is 1. The molecular weight excluding hydrogens is 362 g/mol. The topological polar surface area (TPSA) is 63.2 Å². The summed E-state index contributed by atoms with van der Waals surface area (Å²) in [6, 6.07) is 17.5. The quantitative estimate of drug-likeness (QED) is 0.604. The number of aromatic nitrogens is 1. The highest BCUT2D eigenvalue weighted by Crippen LogP contribution is 2.29. The maximum atomic E-state index is 12.8. The number of anilines is 2. The molecule has 1 heterocycles. The molecule has 5 nitrogen and oxygen atoms in total. The number of nitrogens with zero attached hydrogens (tertiary/aromatic N) is 1. The first-order chi connectivity index (χ1) is 13.9. The van der Waals surface area contributed by atoms with Gasteiger partial charge >= 0.3 is 0 Å². The number of benzene rings is 2. The molecule has 2 N–H and O–H groups in total. The molecule has 0 fully saturated rings. The molecule has 0 spiro atoms. The van der Waals surface area contributed by atoms with Gasteiger partial charge in [0.05, 0.1) is 18.4 Å². The van der Waals surface area contributed by atoms with Gasteiger partial charge in [-0.25, -0.2) is 0 Å². The van der Waals surface area contributed by atoms with Crippen LogP contribution in [0.3, 0.4) is 0 Å². The second-order valence-corrected chi connectivity index (χ2v) is 7.91. The van der Waals surface area contributed by atoms with Gasteiger partial charge in [-0.1, -0.05) is 51.1 Å². The second kappa shape index (κ2) is 8.78. The van der Waals surface area contributed by atoms with Crippen LogP contribution in [0.25, 0.3) is 0 Å². The molecule has 3 aromatic rings. The maximum Gasteiger partial charge on any atom is 0.257 e. The molecule has 0 unspecified atom stereocenters. The molecule has 0 aliphatic heterocycles. The lowest BCUT2D eigenvalue weighted by atomic mass is 9.86. The molecule has 2 aromatic carbocycles. The zero-order valence-corrected chi connectivity index (χ0v) is 17.3. The number of hydrogen-bond donors (Lipinski definition) is 2. The standard InChI is InChI=1S/C24H27N3O2/c1-24(2,3)21-7-5-6-8-22(21)27-23(28)18-13-19(16-25-15-18)26-14-17-9-11-20(29-4)12-10-17/h5-13,15-16,26H,14H2,1-4H3,(H,27,28). The van der Waals surface area contributed by atoms with Crippen molar-refractivity contribution in [2.45, 2.75) is 32.7 Å². The molecule has 0 radical (unpaired) electrons. The smallest absolute Gasteiger partial charge is 0.257 e. The first-order valence-electron chi connectivity index (χ1n) is 9.59. The molecule has 1 amide bonds. The van der Waals surface area contributed by atoms with Gasteiger partial charge in [-0.3, -0.25) is 9.78 Å². The third-order valence-corrected chi connectivity index (χ3v) is 4.64.